The van der Waals surface area contributed by atoms with Crippen molar-refractivity contribution < 1.29 is 9.66 Å². The lowest BCUT2D eigenvalue weighted by Gasteiger charge is -2.08. The molecule has 5 heteroatoms. The summed E-state index contributed by atoms with van der Waals surface area (Å²) >= 11 is 5.54. The summed E-state index contributed by atoms with van der Waals surface area (Å²) in [5.74, 6) is 1.32. The molecule has 0 atom stereocenters. The summed E-state index contributed by atoms with van der Waals surface area (Å²) in [5, 5.41) is 10.5. The highest BCUT2D eigenvalue weighted by atomic mass is 35.5. The topological polar surface area (TPSA) is 52.4 Å². The summed E-state index contributed by atoms with van der Waals surface area (Å²) in [4.78, 5) is 10.1. The first-order valence-electron chi connectivity index (χ1n) is 5.09. The molecule has 0 saturated heterocycles. The van der Waals surface area contributed by atoms with Gasteiger partial charge in [-0.05, 0) is 31.4 Å². The molecule has 0 aromatic heterocycles. The van der Waals surface area contributed by atoms with Crippen LogP contribution in [0, 0.1) is 17.0 Å². The fourth-order valence-corrected chi connectivity index (χ4v) is 1.48. The largest absolute Gasteiger partial charge is 0.493 e. The molecule has 16 heavy (non-hydrogen) atoms. The summed E-state index contributed by atoms with van der Waals surface area (Å²) in [6.07, 6.45) is 1.80. The van der Waals surface area contributed by atoms with Crippen LogP contribution in [0.25, 0.3) is 0 Å². The number of benzene rings is 1. The number of aryl methyl sites for hydroxylation is 1. The predicted octanol–water partition coefficient (Wildman–Crippen LogP) is 3.30. The van der Waals surface area contributed by atoms with E-state index < -0.39 is 4.92 Å². The van der Waals surface area contributed by atoms with E-state index in [1.165, 1.54) is 12.1 Å². The zero-order valence-electron chi connectivity index (χ0n) is 9.11. The van der Waals surface area contributed by atoms with E-state index in [-0.39, 0.29) is 5.69 Å². The number of hydrogen-bond acceptors (Lipinski definition) is 3. The molecule has 0 amide bonds. The molecule has 0 aliphatic heterocycles. The minimum Gasteiger partial charge on any atom is -0.493 e. The van der Waals surface area contributed by atoms with Gasteiger partial charge in [-0.25, -0.2) is 0 Å². The predicted molar refractivity (Wildman–Crippen MR) is 63.3 cm³/mol. The molecule has 0 aliphatic rings. The first kappa shape index (κ1) is 12.8. The number of rotatable bonds is 6. The molecule has 0 saturated carbocycles. The third-order valence-corrected chi connectivity index (χ3v) is 2.42. The first-order chi connectivity index (χ1) is 7.65. The monoisotopic (exact) mass is 243 g/mol. The summed E-state index contributed by atoms with van der Waals surface area (Å²) in [6, 6.07) is 4.59. The van der Waals surface area contributed by atoms with Crippen molar-refractivity contribution in [2.75, 3.05) is 12.5 Å². The average molecular weight is 244 g/mol. The van der Waals surface area contributed by atoms with E-state index in [0.717, 1.165) is 18.4 Å². The van der Waals surface area contributed by atoms with Crippen LogP contribution in [0.1, 0.15) is 18.4 Å². The third kappa shape index (κ3) is 3.70. The maximum Gasteiger partial charge on any atom is 0.269 e. The lowest BCUT2D eigenvalue weighted by atomic mass is 10.2. The van der Waals surface area contributed by atoms with Gasteiger partial charge in [-0.3, -0.25) is 10.1 Å². The van der Waals surface area contributed by atoms with Crippen molar-refractivity contribution in [3.63, 3.8) is 0 Å². The number of ether oxygens (including phenoxy) is 1. The number of nitrogens with zero attached hydrogens (tertiary/aromatic N) is 1. The van der Waals surface area contributed by atoms with Crippen molar-refractivity contribution >= 4 is 17.3 Å². The van der Waals surface area contributed by atoms with Crippen LogP contribution in [0.2, 0.25) is 0 Å². The Bertz CT molecular complexity index is 368. The summed E-state index contributed by atoms with van der Waals surface area (Å²) in [7, 11) is 0. The summed E-state index contributed by atoms with van der Waals surface area (Å²) in [5.41, 5.74) is 0.866. The SMILES string of the molecule is Cc1cc([N+](=O)[O-])ccc1OCCCCCl. The molecule has 0 aliphatic carbocycles. The number of nitro benzene ring substituents is 1. The van der Waals surface area contributed by atoms with Crippen molar-refractivity contribution in [1.82, 2.24) is 0 Å². The van der Waals surface area contributed by atoms with E-state index >= 15 is 0 Å². The van der Waals surface area contributed by atoms with Gasteiger partial charge in [0, 0.05) is 18.0 Å². The van der Waals surface area contributed by atoms with Gasteiger partial charge in [-0.15, -0.1) is 11.6 Å². The molecule has 1 aromatic carbocycles. The van der Waals surface area contributed by atoms with Crippen LogP contribution < -0.4 is 4.74 Å². The summed E-state index contributed by atoms with van der Waals surface area (Å²) < 4.78 is 5.49. The van der Waals surface area contributed by atoms with E-state index in [1.807, 2.05) is 0 Å². The quantitative estimate of drug-likeness (QED) is 0.333. The van der Waals surface area contributed by atoms with E-state index in [1.54, 1.807) is 13.0 Å². The second-order valence-electron chi connectivity index (χ2n) is 3.45. The Labute approximate surface area is 99.3 Å². The molecule has 0 radical (unpaired) electrons. The molecular formula is C11H14ClNO3. The molecule has 0 bridgehead atoms. The van der Waals surface area contributed by atoms with E-state index in [9.17, 15) is 10.1 Å². The van der Waals surface area contributed by atoms with Crippen molar-refractivity contribution in [3.8, 4) is 5.75 Å². The molecule has 0 spiro atoms. The Hall–Kier alpha value is -1.29. The number of unbranched alkanes of at least 4 members (excludes halogenated alkanes) is 1. The maximum absolute atomic E-state index is 10.5. The fourth-order valence-electron chi connectivity index (χ4n) is 1.29. The number of non-ortho nitro benzene ring substituents is 1. The van der Waals surface area contributed by atoms with Crippen molar-refractivity contribution in [1.29, 1.82) is 0 Å². The second-order valence-corrected chi connectivity index (χ2v) is 3.83. The Morgan fingerprint density at radius 2 is 2.19 bits per heavy atom. The Morgan fingerprint density at radius 3 is 2.75 bits per heavy atom. The van der Waals surface area contributed by atoms with Gasteiger partial charge in [-0.1, -0.05) is 0 Å². The van der Waals surface area contributed by atoms with Crippen molar-refractivity contribution in [2.45, 2.75) is 19.8 Å². The highest BCUT2D eigenvalue weighted by Crippen LogP contribution is 2.23. The Balaban J connectivity index is 2.57. The van der Waals surface area contributed by atoms with Gasteiger partial charge < -0.3 is 4.74 Å². The minimum atomic E-state index is -0.412. The standard InChI is InChI=1S/C11H14ClNO3/c1-9-8-10(13(14)15)4-5-11(9)16-7-3-2-6-12/h4-5,8H,2-3,6-7H2,1H3. The number of halogens is 1. The molecule has 4 nitrogen and oxygen atoms in total. The molecule has 1 rings (SSSR count). The zero-order valence-corrected chi connectivity index (χ0v) is 9.87. The third-order valence-electron chi connectivity index (χ3n) is 2.15. The van der Waals surface area contributed by atoms with Crippen molar-refractivity contribution in [2.24, 2.45) is 0 Å². The lowest BCUT2D eigenvalue weighted by Crippen LogP contribution is -1.99. The number of hydrogen-bond donors (Lipinski definition) is 0. The fraction of sp³-hybridized carbons (Fsp3) is 0.455. The number of nitro groups is 1. The molecule has 0 N–H and O–H groups in total. The van der Waals surface area contributed by atoms with Gasteiger partial charge >= 0.3 is 0 Å². The highest BCUT2D eigenvalue weighted by Gasteiger charge is 2.08. The molecular weight excluding hydrogens is 230 g/mol. The van der Waals surface area contributed by atoms with Crippen LogP contribution in [-0.2, 0) is 0 Å². The van der Waals surface area contributed by atoms with E-state index in [4.69, 9.17) is 16.3 Å². The van der Waals surface area contributed by atoms with E-state index in [2.05, 4.69) is 0 Å². The van der Waals surface area contributed by atoms with Gasteiger partial charge in [-0.2, -0.15) is 0 Å². The normalized spacial score (nSPS) is 10.1. The molecule has 1 aromatic rings. The van der Waals surface area contributed by atoms with Crippen LogP contribution in [0.4, 0.5) is 5.69 Å². The first-order valence-corrected chi connectivity index (χ1v) is 5.62. The van der Waals surface area contributed by atoms with Gasteiger partial charge in [0.1, 0.15) is 5.75 Å². The van der Waals surface area contributed by atoms with Gasteiger partial charge in [0.25, 0.3) is 5.69 Å². The molecule has 0 fully saturated rings. The van der Waals surface area contributed by atoms with E-state index in [0.29, 0.717) is 18.2 Å². The van der Waals surface area contributed by atoms with Crippen LogP contribution in [0.15, 0.2) is 18.2 Å². The minimum absolute atomic E-state index is 0.0885. The Kier molecular flexibility index (Phi) is 5.05. The molecule has 0 heterocycles. The molecule has 0 unspecified atom stereocenters. The highest BCUT2D eigenvalue weighted by molar-refractivity contribution is 6.17. The Morgan fingerprint density at radius 1 is 1.44 bits per heavy atom. The van der Waals surface area contributed by atoms with Gasteiger partial charge in [0.2, 0.25) is 0 Å². The zero-order chi connectivity index (χ0) is 12.0. The van der Waals surface area contributed by atoms with Crippen molar-refractivity contribution in [3.05, 3.63) is 33.9 Å². The van der Waals surface area contributed by atoms with Crippen LogP contribution in [-0.4, -0.2) is 17.4 Å². The average Bonchev–Trinajstić information content (AvgIpc) is 2.26. The van der Waals surface area contributed by atoms with Crippen LogP contribution >= 0.6 is 11.6 Å². The summed E-state index contributed by atoms with van der Waals surface area (Å²) in [6.45, 7) is 2.38. The van der Waals surface area contributed by atoms with Crippen LogP contribution in [0.5, 0.6) is 5.75 Å². The number of alkyl halides is 1. The van der Waals surface area contributed by atoms with Gasteiger partial charge in [0.05, 0.1) is 11.5 Å². The van der Waals surface area contributed by atoms with Gasteiger partial charge in [0.15, 0.2) is 0 Å². The lowest BCUT2D eigenvalue weighted by molar-refractivity contribution is -0.384. The smallest absolute Gasteiger partial charge is 0.269 e. The van der Waals surface area contributed by atoms with Crippen LogP contribution in [0.3, 0.4) is 0 Å². The maximum atomic E-state index is 10.5. The second kappa shape index (κ2) is 6.33. The molecule has 88 valence electrons.